The smallest absolute Gasteiger partial charge is 0.253 e. The molecule has 1 aromatic carbocycles. The molecule has 0 aromatic heterocycles. The molecule has 3 saturated heterocycles. The fraction of sp³-hybridized carbons (Fsp3) is 0.583. The molecule has 9 heteroatoms. The summed E-state index contributed by atoms with van der Waals surface area (Å²) in [6.07, 6.45) is 2.22. The highest BCUT2D eigenvalue weighted by Crippen LogP contribution is 2.38. The van der Waals surface area contributed by atoms with Crippen LogP contribution in [0.15, 0.2) is 24.3 Å². The van der Waals surface area contributed by atoms with Crippen molar-refractivity contribution in [2.75, 3.05) is 33.7 Å². The number of carbonyl (C=O) groups excluding carboxylic acids is 3. The van der Waals surface area contributed by atoms with Crippen LogP contribution in [0.1, 0.15) is 48.1 Å². The lowest BCUT2D eigenvalue weighted by atomic mass is 10.0. The lowest BCUT2D eigenvalue weighted by Gasteiger charge is -2.38. The highest BCUT2D eigenvalue weighted by atomic mass is 16.2. The van der Waals surface area contributed by atoms with E-state index in [9.17, 15) is 19.6 Å². The number of amides is 3. The van der Waals surface area contributed by atoms with Gasteiger partial charge in [0.2, 0.25) is 11.8 Å². The number of piperazine rings is 1. The van der Waals surface area contributed by atoms with Crippen LogP contribution in [-0.2, 0) is 9.59 Å². The van der Waals surface area contributed by atoms with E-state index in [0.29, 0.717) is 38.0 Å². The first-order chi connectivity index (χ1) is 15.7. The van der Waals surface area contributed by atoms with Crippen LogP contribution in [-0.4, -0.2) is 95.2 Å². The fourth-order valence-corrected chi connectivity index (χ4v) is 5.46. The van der Waals surface area contributed by atoms with Crippen molar-refractivity contribution in [1.29, 1.82) is 5.26 Å². The lowest BCUT2D eigenvalue weighted by Crippen LogP contribution is -2.56. The molecule has 0 saturated carbocycles. The van der Waals surface area contributed by atoms with E-state index in [2.05, 4.69) is 6.07 Å². The predicted molar refractivity (Wildman–Crippen MR) is 122 cm³/mol. The minimum atomic E-state index is -0.745. The minimum Gasteiger partial charge on any atom is -0.345 e. The van der Waals surface area contributed by atoms with Gasteiger partial charge in [0.05, 0.1) is 24.2 Å². The van der Waals surface area contributed by atoms with Gasteiger partial charge in [-0.05, 0) is 43.9 Å². The number of nitrogens with zero attached hydrogens (tertiary/aromatic N) is 5. The molecular formula is C24H32N6O3. The maximum atomic E-state index is 13.3. The second kappa shape index (κ2) is 9.12. The van der Waals surface area contributed by atoms with Gasteiger partial charge < -0.3 is 20.4 Å². The van der Waals surface area contributed by atoms with Crippen molar-refractivity contribution in [1.82, 2.24) is 19.6 Å². The van der Waals surface area contributed by atoms with Crippen molar-refractivity contribution in [2.24, 2.45) is 5.73 Å². The maximum absolute atomic E-state index is 13.3. The molecule has 3 aliphatic rings. The normalized spacial score (nSPS) is 26.4. The molecule has 3 fully saturated rings. The number of fused-ring (bicyclic) bond motifs is 2. The van der Waals surface area contributed by atoms with E-state index in [4.69, 9.17) is 5.73 Å². The summed E-state index contributed by atoms with van der Waals surface area (Å²) in [6.45, 7) is 3.54. The zero-order valence-electron chi connectivity index (χ0n) is 19.5. The van der Waals surface area contributed by atoms with Gasteiger partial charge in [0, 0.05) is 45.3 Å². The average molecular weight is 453 g/mol. The quantitative estimate of drug-likeness (QED) is 0.675. The Bertz CT molecular complexity index is 989. The molecule has 0 radical (unpaired) electrons. The summed E-state index contributed by atoms with van der Waals surface area (Å²) < 4.78 is 0. The molecule has 2 N–H and O–H groups in total. The Hall–Kier alpha value is -2.96. The molecule has 0 aliphatic carbocycles. The molecule has 3 heterocycles. The maximum Gasteiger partial charge on any atom is 0.253 e. The van der Waals surface area contributed by atoms with Crippen LogP contribution in [0.5, 0.6) is 0 Å². The molecule has 2 bridgehead atoms. The first-order valence-electron chi connectivity index (χ1n) is 11.6. The summed E-state index contributed by atoms with van der Waals surface area (Å²) in [4.78, 5) is 45.4. The number of carbonyl (C=O) groups is 3. The average Bonchev–Trinajstić information content (AvgIpc) is 3.52. The van der Waals surface area contributed by atoms with E-state index in [0.717, 1.165) is 12.0 Å². The van der Waals surface area contributed by atoms with Crippen LogP contribution in [0.3, 0.4) is 0 Å². The molecule has 3 aliphatic heterocycles. The second-order valence-electron chi connectivity index (χ2n) is 9.53. The van der Waals surface area contributed by atoms with E-state index in [-0.39, 0.29) is 35.8 Å². The van der Waals surface area contributed by atoms with E-state index >= 15 is 0 Å². The Labute approximate surface area is 194 Å². The second-order valence-corrected chi connectivity index (χ2v) is 9.53. The molecule has 33 heavy (non-hydrogen) atoms. The minimum absolute atomic E-state index is 0.0406. The summed E-state index contributed by atoms with van der Waals surface area (Å²) >= 11 is 0. The summed E-state index contributed by atoms with van der Waals surface area (Å²) in [6, 6.07) is 8.10. The van der Waals surface area contributed by atoms with Crippen molar-refractivity contribution in [3.05, 3.63) is 35.4 Å². The van der Waals surface area contributed by atoms with Gasteiger partial charge in [-0.15, -0.1) is 0 Å². The van der Waals surface area contributed by atoms with Crippen molar-refractivity contribution >= 4 is 17.7 Å². The summed E-state index contributed by atoms with van der Waals surface area (Å²) in [5, 5.41) is 9.26. The monoisotopic (exact) mass is 452 g/mol. The van der Waals surface area contributed by atoms with Gasteiger partial charge in [-0.25, -0.2) is 0 Å². The number of nitrogens with two attached hydrogens (primary N) is 1. The van der Waals surface area contributed by atoms with Crippen LogP contribution in [0, 0.1) is 11.3 Å². The van der Waals surface area contributed by atoms with Crippen LogP contribution in [0.25, 0.3) is 0 Å². The van der Waals surface area contributed by atoms with Crippen molar-refractivity contribution in [2.45, 2.75) is 56.4 Å². The van der Waals surface area contributed by atoms with Crippen LogP contribution in [0.2, 0.25) is 0 Å². The number of hydrogen-bond acceptors (Lipinski definition) is 6. The largest absolute Gasteiger partial charge is 0.345 e. The van der Waals surface area contributed by atoms with Crippen LogP contribution < -0.4 is 5.73 Å². The summed E-state index contributed by atoms with van der Waals surface area (Å²) in [7, 11) is 3.44. The topological polar surface area (TPSA) is 114 Å². The molecule has 176 valence electrons. The highest BCUT2D eigenvalue weighted by molar-refractivity contribution is 5.94. The third kappa shape index (κ3) is 4.21. The first-order valence-corrected chi connectivity index (χ1v) is 11.6. The molecule has 3 amide bonds. The zero-order chi connectivity index (χ0) is 23.9. The summed E-state index contributed by atoms with van der Waals surface area (Å²) in [5.41, 5.74) is 7.75. The standard InChI is InChI=1S/C24H32N6O3/c1-15(16-6-4-7-17(10-16)22(31)27(2)3)30-19-11-21(24(30)33)28(13-19)14-20(26)23(32)29-9-5-8-18(29)12-25/h4,6-7,10,15,18-21H,5,8-9,11,13-14,26H2,1-3H3/t15-,18+,19?,20+,21+/m1/s1. The van der Waals surface area contributed by atoms with Gasteiger partial charge in [-0.2, -0.15) is 5.26 Å². The van der Waals surface area contributed by atoms with Gasteiger partial charge in [-0.1, -0.05) is 12.1 Å². The number of rotatable bonds is 6. The highest BCUT2D eigenvalue weighted by Gasteiger charge is 2.51. The van der Waals surface area contributed by atoms with Gasteiger partial charge in [0.25, 0.3) is 5.91 Å². The third-order valence-electron chi connectivity index (χ3n) is 7.19. The van der Waals surface area contributed by atoms with Gasteiger partial charge >= 0.3 is 0 Å². The third-order valence-corrected chi connectivity index (χ3v) is 7.19. The molecule has 4 rings (SSSR count). The molecular weight excluding hydrogens is 420 g/mol. The van der Waals surface area contributed by atoms with Gasteiger partial charge in [-0.3, -0.25) is 19.3 Å². The van der Waals surface area contributed by atoms with Crippen LogP contribution in [0.4, 0.5) is 0 Å². The number of hydrogen-bond donors (Lipinski definition) is 1. The fourth-order valence-electron chi connectivity index (χ4n) is 5.46. The number of nitriles is 1. The Morgan fingerprint density at radius 1 is 1.33 bits per heavy atom. The number of benzene rings is 1. The van der Waals surface area contributed by atoms with E-state index in [1.807, 2.05) is 34.9 Å². The Morgan fingerprint density at radius 3 is 2.76 bits per heavy atom. The van der Waals surface area contributed by atoms with E-state index < -0.39 is 12.1 Å². The Balaban J connectivity index is 1.41. The Kier molecular flexibility index (Phi) is 6.41. The molecule has 5 atom stereocenters. The van der Waals surface area contributed by atoms with Crippen LogP contribution >= 0.6 is 0 Å². The van der Waals surface area contributed by atoms with Gasteiger partial charge in [0.15, 0.2) is 0 Å². The molecule has 1 aromatic rings. The van der Waals surface area contributed by atoms with Crippen molar-refractivity contribution < 1.29 is 14.4 Å². The predicted octanol–water partition coefficient (Wildman–Crippen LogP) is 0.576. The molecule has 1 unspecified atom stereocenters. The van der Waals surface area contributed by atoms with E-state index in [1.165, 1.54) is 4.90 Å². The van der Waals surface area contributed by atoms with E-state index in [1.54, 1.807) is 25.1 Å². The SMILES string of the molecule is C[C@H](c1cccc(C(=O)N(C)C)c1)N1C(=O)[C@@H]2CC1CN2C[C@H](N)C(=O)N1CCC[C@H]1C#N. The van der Waals surface area contributed by atoms with Crippen molar-refractivity contribution in [3.63, 3.8) is 0 Å². The molecule has 9 nitrogen and oxygen atoms in total. The van der Waals surface area contributed by atoms with Crippen molar-refractivity contribution in [3.8, 4) is 6.07 Å². The lowest BCUT2D eigenvalue weighted by molar-refractivity contribution is -0.140. The Morgan fingerprint density at radius 2 is 2.09 bits per heavy atom. The zero-order valence-corrected chi connectivity index (χ0v) is 19.5. The summed E-state index contributed by atoms with van der Waals surface area (Å²) in [5.74, 6) is -0.236. The number of likely N-dealkylation sites (tertiary alicyclic amines) is 3. The first kappa shape index (κ1) is 23.2. The van der Waals surface area contributed by atoms with Gasteiger partial charge in [0.1, 0.15) is 6.04 Å². The molecule has 0 spiro atoms.